The molecule has 2 heterocycles. The van der Waals surface area contributed by atoms with Gasteiger partial charge in [-0.25, -0.2) is 9.97 Å². The maximum Gasteiger partial charge on any atom is 0.235 e. The Morgan fingerprint density at radius 2 is 1.13 bits per heavy atom. The van der Waals surface area contributed by atoms with Gasteiger partial charge in [0.1, 0.15) is 0 Å². The molecule has 0 atom stereocenters. The number of fused-ring (bicyclic) bond motifs is 11. The van der Waals surface area contributed by atoms with Gasteiger partial charge in [-0.05, 0) is 108 Å². The maximum absolute atomic E-state index is 5.62. The molecule has 2 aliphatic rings. The number of rotatable bonds is 4. The highest BCUT2D eigenvalue weighted by Gasteiger charge is 2.37. The third-order valence-electron chi connectivity index (χ3n) is 13.9. The Morgan fingerprint density at radius 1 is 0.484 bits per heavy atom. The molecule has 0 amide bonds. The van der Waals surface area contributed by atoms with E-state index < -0.39 is 0 Å². The van der Waals surface area contributed by atoms with Crippen LogP contribution in [-0.4, -0.2) is 14.5 Å². The van der Waals surface area contributed by atoms with Gasteiger partial charge in [-0.2, -0.15) is 0 Å². The van der Waals surface area contributed by atoms with Gasteiger partial charge >= 0.3 is 0 Å². The SMILES string of the molecule is CC1(C)c2ccc(-c3cccc4c5cc6ccccc6cc5n(-c5nc6c(c(-c7ccc(-c8cccc9ccccc89)cc7)n5)CCC=C6)c34)cc2-c2c1ccc1ccccc21. The van der Waals surface area contributed by atoms with Crippen molar-refractivity contribution in [3.05, 3.63) is 204 Å². The summed E-state index contributed by atoms with van der Waals surface area (Å²) in [6.07, 6.45) is 6.32. The quantitative estimate of drug-likeness (QED) is 0.178. The molecule has 0 unspecified atom stereocenters. The van der Waals surface area contributed by atoms with E-state index in [9.17, 15) is 0 Å². The fourth-order valence-corrected chi connectivity index (χ4v) is 10.8. The van der Waals surface area contributed by atoms with E-state index in [0.29, 0.717) is 5.95 Å². The number of para-hydroxylation sites is 1. The van der Waals surface area contributed by atoms with Crippen LogP contribution >= 0.6 is 0 Å². The van der Waals surface area contributed by atoms with Gasteiger partial charge in [0.25, 0.3) is 0 Å². The fraction of sp³-hybridized carbons (Fsp3) is 0.0847. The first-order valence-electron chi connectivity index (χ1n) is 21.8. The lowest BCUT2D eigenvalue weighted by molar-refractivity contribution is 0.661. The van der Waals surface area contributed by atoms with E-state index in [1.54, 1.807) is 0 Å². The van der Waals surface area contributed by atoms with Crippen LogP contribution in [0.25, 0.3) is 111 Å². The Labute approximate surface area is 360 Å². The molecule has 0 spiro atoms. The Bertz CT molecular complexity index is 3710. The molecule has 2 aromatic heterocycles. The van der Waals surface area contributed by atoms with Crippen LogP contribution in [0.1, 0.15) is 42.7 Å². The summed E-state index contributed by atoms with van der Waals surface area (Å²) in [7, 11) is 0. The molecule has 0 bridgehead atoms. The normalized spacial score (nSPS) is 13.9. The summed E-state index contributed by atoms with van der Waals surface area (Å²) in [4.78, 5) is 11.1. The maximum atomic E-state index is 5.62. The molecule has 0 aliphatic heterocycles. The molecule has 3 heteroatoms. The second kappa shape index (κ2) is 13.2. The summed E-state index contributed by atoms with van der Waals surface area (Å²) < 4.78 is 2.35. The number of allylic oxidation sites excluding steroid dienone is 1. The molecule has 2 aliphatic carbocycles. The molecule has 0 saturated heterocycles. The van der Waals surface area contributed by atoms with Crippen molar-refractivity contribution in [2.75, 3.05) is 0 Å². The average molecular weight is 792 g/mol. The first-order valence-corrected chi connectivity index (χ1v) is 21.8. The Morgan fingerprint density at radius 3 is 1.97 bits per heavy atom. The highest BCUT2D eigenvalue weighted by Crippen LogP contribution is 2.53. The van der Waals surface area contributed by atoms with Crippen molar-refractivity contribution >= 4 is 60.2 Å². The molecule has 13 rings (SSSR count). The largest absolute Gasteiger partial charge is 0.277 e. The number of aromatic nitrogens is 3. The fourth-order valence-electron chi connectivity index (χ4n) is 10.8. The summed E-state index contributed by atoms with van der Waals surface area (Å²) >= 11 is 0. The minimum Gasteiger partial charge on any atom is -0.277 e. The van der Waals surface area contributed by atoms with Crippen molar-refractivity contribution in [3.63, 3.8) is 0 Å². The highest BCUT2D eigenvalue weighted by molar-refractivity contribution is 6.17. The van der Waals surface area contributed by atoms with Gasteiger partial charge in [-0.1, -0.05) is 178 Å². The average Bonchev–Trinajstić information content (AvgIpc) is 3.77. The topological polar surface area (TPSA) is 30.7 Å². The smallest absolute Gasteiger partial charge is 0.235 e. The molecule has 3 nitrogen and oxygen atoms in total. The van der Waals surface area contributed by atoms with Crippen molar-refractivity contribution in [1.29, 1.82) is 0 Å². The van der Waals surface area contributed by atoms with E-state index in [-0.39, 0.29) is 5.41 Å². The first-order chi connectivity index (χ1) is 30.5. The van der Waals surface area contributed by atoms with Crippen LogP contribution in [-0.2, 0) is 11.8 Å². The minimum atomic E-state index is -0.109. The first kappa shape index (κ1) is 35.2. The van der Waals surface area contributed by atoms with Gasteiger partial charge in [0, 0.05) is 32.9 Å². The van der Waals surface area contributed by atoms with E-state index in [0.717, 1.165) is 46.4 Å². The van der Waals surface area contributed by atoms with Crippen LogP contribution in [0.4, 0.5) is 0 Å². The van der Waals surface area contributed by atoms with Gasteiger partial charge in [0.05, 0.1) is 22.4 Å². The molecule has 0 fully saturated rings. The van der Waals surface area contributed by atoms with Crippen molar-refractivity contribution in [2.24, 2.45) is 0 Å². The van der Waals surface area contributed by atoms with Crippen LogP contribution in [0.2, 0.25) is 0 Å². The van der Waals surface area contributed by atoms with Gasteiger partial charge in [0.15, 0.2) is 0 Å². The van der Waals surface area contributed by atoms with E-state index in [2.05, 4.69) is 206 Å². The van der Waals surface area contributed by atoms with E-state index in [1.165, 1.54) is 87.6 Å². The third kappa shape index (κ3) is 5.12. The van der Waals surface area contributed by atoms with E-state index >= 15 is 0 Å². The Kier molecular flexibility index (Phi) is 7.48. The second-order valence-corrected chi connectivity index (χ2v) is 17.6. The van der Waals surface area contributed by atoms with Gasteiger partial charge in [-0.15, -0.1) is 0 Å². The zero-order chi connectivity index (χ0) is 41.1. The van der Waals surface area contributed by atoms with Gasteiger partial charge in [-0.3, -0.25) is 4.57 Å². The predicted molar refractivity (Wildman–Crippen MR) is 260 cm³/mol. The molecular formula is C59H41N3. The molecule has 0 saturated carbocycles. The lowest BCUT2D eigenvalue weighted by Gasteiger charge is -2.22. The van der Waals surface area contributed by atoms with Crippen LogP contribution in [0.5, 0.6) is 0 Å². The predicted octanol–water partition coefficient (Wildman–Crippen LogP) is 15.3. The van der Waals surface area contributed by atoms with Crippen LogP contribution in [0, 0.1) is 0 Å². The third-order valence-corrected chi connectivity index (χ3v) is 13.9. The molecule has 0 radical (unpaired) electrons. The number of benzene rings is 9. The molecule has 11 aromatic rings. The lowest BCUT2D eigenvalue weighted by Crippen LogP contribution is -2.14. The summed E-state index contributed by atoms with van der Waals surface area (Å²) in [5, 5.41) is 9.87. The molecule has 292 valence electrons. The second-order valence-electron chi connectivity index (χ2n) is 17.6. The van der Waals surface area contributed by atoms with Crippen molar-refractivity contribution in [2.45, 2.75) is 32.1 Å². The van der Waals surface area contributed by atoms with E-state index in [4.69, 9.17) is 9.97 Å². The molecule has 62 heavy (non-hydrogen) atoms. The standard InChI is InChI=1S/C59H41N3/c1-59(2)51-31-30-42(34-50(51)55-45-19-8-6-14-37(45)29-32-52(55)59)46-22-12-23-47-49-33-40-15-3-4-16-41(40)35-54(49)62(57(46)47)58-60-53-24-10-9-20-48(53)56(61-58)39-27-25-38(26-28-39)44-21-11-17-36-13-5-7-18-43(36)44/h3-8,10-19,21-35H,9,20H2,1-2H3. The molecule has 0 N–H and O–H groups in total. The van der Waals surface area contributed by atoms with Crippen LogP contribution < -0.4 is 0 Å². The zero-order valence-electron chi connectivity index (χ0n) is 34.7. The highest BCUT2D eigenvalue weighted by atomic mass is 15.2. The summed E-state index contributed by atoms with van der Waals surface area (Å²) in [5.41, 5.74) is 16.6. The van der Waals surface area contributed by atoms with Crippen molar-refractivity contribution < 1.29 is 0 Å². The summed E-state index contributed by atoms with van der Waals surface area (Å²) in [5.74, 6) is 0.685. The number of hydrogen-bond acceptors (Lipinski definition) is 2. The number of nitrogens with zero attached hydrogens (tertiary/aromatic N) is 3. The lowest BCUT2D eigenvalue weighted by atomic mass is 9.82. The van der Waals surface area contributed by atoms with E-state index in [1.807, 2.05) is 0 Å². The van der Waals surface area contributed by atoms with Crippen molar-refractivity contribution in [1.82, 2.24) is 14.5 Å². The Hall–Kier alpha value is -7.62. The number of hydrogen-bond donors (Lipinski definition) is 0. The van der Waals surface area contributed by atoms with Gasteiger partial charge in [0.2, 0.25) is 5.95 Å². The summed E-state index contributed by atoms with van der Waals surface area (Å²) in [6, 6.07) is 64.9. The molecule has 9 aromatic carbocycles. The van der Waals surface area contributed by atoms with Gasteiger partial charge < -0.3 is 0 Å². The van der Waals surface area contributed by atoms with Crippen molar-refractivity contribution in [3.8, 4) is 50.6 Å². The van der Waals surface area contributed by atoms with Crippen LogP contribution in [0.3, 0.4) is 0 Å². The monoisotopic (exact) mass is 791 g/mol. The summed E-state index contributed by atoms with van der Waals surface area (Å²) in [6.45, 7) is 4.73. The zero-order valence-corrected chi connectivity index (χ0v) is 34.7. The Balaban J connectivity index is 1.05. The molecular weight excluding hydrogens is 751 g/mol. The van der Waals surface area contributed by atoms with Crippen LogP contribution in [0.15, 0.2) is 182 Å². The minimum absolute atomic E-state index is 0.109.